The normalized spacial score (nSPS) is 9.74. The Bertz CT molecular complexity index is 669. The second-order valence-corrected chi connectivity index (χ2v) is 4.70. The molecule has 1 heterocycles. The quantitative estimate of drug-likeness (QED) is 0.716. The molecule has 2 aromatic rings. The minimum absolute atomic E-state index is 0.184. The van der Waals surface area contributed by atoms with E-state index in [0.29, 0.717) is 24.3 Å². The van der Waals surface area contributed by atoms with Gasteiger partial charge in [0.15, 0.2) is 0 Å². The van der Waals surface area contributed by atoms with E-state index < -0.39 is 0 Å². The topological polar surface area (TPSA) is 83.1 Å². The number of nitrogens with zero attached hydrogens (tertiary/aromatic N) is 1. The zero-order chi connectivity index (χ0) is 16.5. The van der Waals surface area contributed by atoms with Gasteiger partial charge in [-0.3, -0.25) is 9.78 Å². The maximum Gasteiger partial charge on any atom is 0.319 e. The number of amides is 3. The standard InChI is InChI=1S/C17H18N4O2/c1-2-10-19-16(22)13-6-8-14(9-7-13)21-17(23)20-12-15-5-3-4-11-18-15/h2-9,11H,1,10,12H2,(H,19,22)(H2,20,21,23). The number of nitrogens with one attached hydrogen (secondary N) is 3. The molecule has 23 heavy (non-hydrogen) atoms. The highest BCUT2D eigenvalue weighted by Gasteiger charge is 2.05. The van der Waals surface area contributed by atoms with Gasteiger partial charge in [-0.05, 0) is 36.4 Å². The van der Waals surface area contributed by atoms with Crippen LogP contribution < -0.4 is 16.0 Å². The lowest BCUT2D eigenvalue weighted by atomic mass is 10.2. The van der Waals surface area contributed by atoms with Crippen molar-refractivity contribution in [3.63, 3.8) is 0 Å². The number of hydrogen-bond acceptors (Lipinski definition) is 3. The average Bonchev–Trinajstić information content (AvgIpc) is 2.59. The van der Waals surface area contributed by atoms with Crippen molar-refractivity contribution in [3.05, 3.63) is 72.6 Å². The van der Waals surface area contributed by atoms with Gasteiger partial charge in [-0.2, -0.15) is 0 Å². The third-order valence-electron chi connectivity index (χ3n) is 2.97. The van der Waals surface area contributed by atoms with Crippen LogP contribution in [0.5, 0.6) is 0 Å². The lowest BCUT2D eigenvalue weighted by molar-refractivity contribution is 0.0958. The van der Waals surface area contributed by atoms with Crippen LogP contribution in [0.25, 0.3) is 0 Å². The molecule has 3 amide bonds. The fourth-order valence-corrected chi connectivity index (χ4v) is 1.82. The fraction of sp³-hybridized carbons (Fsp3) is 0.118. The second kappa shape index (κ2) is 8.33. The molecular formula is C17H18N4O2. The molecule has 0 aliphatic rings. The largest absolute Gasteiger partial charge is 0.349 e. The molecule has 3 N–H and O–H groups in total. The highest BCUT2D eigenvalue weighted by Crippen LogP contribution is 2.09. The SMILES string of the molecule is C=CCNC(=O)c1ccc(NC(=O)NCc2ccccn2)cc1. The van der Waals surface area contributed by atoms with E-state index in [1.807, 2.05) is 18.2 Å². The molecule has 1 aromatic carbocycles. The number of aromatic nitrogens is 1. The van der Waals surface area contributed by atoms with Crippen LogP contribution in [0.3, 0.4) is 0 Å². The van der Waals surface area contributed by atoms with Gasteiger partial charge in [0.05, 0.1) is 12.2 Å². The number of anilines is 1. The van der Waals surface area contributed by atoms with Gasteiger partial charge in [-0.15, -0.1) is 6.58 Å². The van der Waals surface area contributed by atoms with E-state index in [2.05, 4.69) is 27.5 Å². The van der Waals surface area contributed by atoms with Crippen LogP contribution >= 0.6 is 0 Å². The van der Waals surface area contributed by atoms with Gasteiger partial charge in [0, 0.05) is 24.0 Å². The summed E-state index contributed by atoms with van der Waals surface area (Å²) in [5, 5.41) is 8.09. The van der Waals surface area contributed by atoms with E-state index in [4.69, 9.17) is 0 Å². The van der Waals surface area contributed by atoms with E-state index in [1.165, 1.54) is 0 Å². The molecule has 0 fully saturated rings. The second-order valence-electron chi connectivity index (χ2n) is 4.70. The van der Waals surface area contributed by atoms with Crippen LogP contribution in [0.1, 0.15) is 16.1 Å². The van der Waals surface area contributed by atoms with Crippen LogP contribution in [0.15, 0.2) is 61.3 Å². The van der Waals surface area contributed by atoms with Crippen molar-refractivity contribution >= 4 is 17.6 Å². The van der Waals surface area contributed by atoms with E-state index in [-0.39, 0.29) is 11.9 Å². The number of carbonyl (C=O) groups excluding carboxylic acids is 2. The summed E-state index contributed by atoms with van der Waals surface area (Å²) >= 11 is 0. The number of rotatable bonds is 6. The fourth-order valence-electron chi connectivity index (χ4n) is 1.82. The molecule has 1 aromatic heterocycles. The highest BCUT2D eigenvalue weighted by atomic mass is 16.2. The first-order valence-electron chi connectivity index (χ1n) is 7.13. The Balaban J connectivity index is 1.84. The predicted octanol–water partition coefficient (Wildman–Crippen LogP) is 2.32. The maximum atomic E-state index is 11.8. The van der Waals surface area contributed by atoms with Gasteiger partial charge < -0.3 is 16.0 Å². The summed E-state index contributed by atoms with van der Waals surface area (Å²) in [4.78, 5) is 27.7. The minimum Gasteiger partial charge on any atom is -0.349 e. The van der Waals surface area contributed by atoms with E-state index >= 15 is 0 Å². The molecule has 0 bridgehead atoms. The third kappa shape index (κ3) is 5.28. The zero-order valence-corrected chi connectivity index (χ0v) is 12.6. The van der Waals surface area contributed by atoms with Crippen LogP contribution in [0.2, 0.25) is 0 Å². The summed E-state index contributed by atoms with van der Waals surface area (Å²) in [6.45, 7) is 4.29. The van der Waals surface area contributed by atoms with Crippen molar-refractivity contribution < 1.29 is 9.59 Å². The van der Waals surface area contributed by atoms with Crippen LogP contribution in [0, 0.1) is 0 Å². The van der Waals surface area contributed by atoms with E-state index in [1.54, 1.807) is 36.5 Å². The molecule has 0 saturated carbocycles. The molecule has 6 heteroatoms. The summed E-state index contributed by atoms with van der Waals surface area (Å²) in [6.07, 6.45) is 3.28. The van der Waals surface area contributed by atoms with Gasteiger partial charge in [-0.1, -0.05) is 12.1 Å². The minimum atomic E-state index is -0.334. The van der Waals surface area contributed by atoms with Crippen molar-refractivity contribution in [2.75, 3.05) is 11.9 Å². The van der Waals surface area contributed by atoms with Crippen molar-refractivity contribution in [3.8, 4) is 0 Å². The molecule has 118 valence electrons. The van der Waals surface area contributed by atoms with Crippen molar-refractivity contribution in [1.82, 2.24) is 15.6 Å². The van der Waals surface area contributed by atoms with Crippen molar-refractivity contribution in [2.24, 2.45) is 0 Å². The predicted molar refractivity (Wildman–Crippen MR) is 89.1 cm³/mol. The van der Waals surface area contributed by atoms with Gasteiger partial charge in [-0.25, -0.2) is 4.79 Å². The summed E-state index contributed by atoms with van der Waals surface area (Å²) in [6, 6.07) is 11.8. The average molecular weight is 310 g/mol. The lowest BCUT2D eigenvalue weighted by Gasteiger charge is -2.08. The van der Waals surface area contributed by atoms with Crippen LogP contribution in [-0.4, -0.2) is 23.5 Å². The lowest BCUT2D eigenvalue weighted by Crippen LogP contribution is -2.28. The Hall–Kier alpha value is -3.15. The summed E-state index contributed by atoms with van der Waals surface area (Å²) in [5.74, 6) is -0.184. The maximum absolute atomic E-state index is 11.8. The molecule has 6 nitrogen and oxygen atoms in total. The summed E-state index contributed by atoms with van der Waals surface area (Å²) in [5.41, 5.74) is 1.90. The molecule has 0 aliphatic carbocycles. The van der Waals surface area contributed by atoms with Gasteiger partial charge in [0.2, 0.25) is 0 Å². The Morgan fingerprint density at radius 3 is 2.52 bits per heavy atom. The molecular weight excluding hydrogens is 292 g/mol. The van der Waals surface area contributed by atoms with Gasteiger partial charge in [0.25, 0.3) is 5.91 Å². The molecule has 0 spiro atoms. The van der Waals surface area contributed by atoms with E-state index in [9.17, 15) is 9.59 Å². The smallest absolute Gasteiger partial charge is 0.319 e. The first-order chi connectivity index (χ1) is 11.2. The molecule has 0 atom stereocenters. The Morgan fingerprint density at radius 2 is 1.87 bits per heavy atom. The number of pyridine rings is 1. The van der Waals surface area contributed by atoms with Crippen LogP contribution in [0.4, 0.5) is 10.5 Å². The monoisotopic (exact) mass is 310 g/mol. The van der Waals surface area contributed by atoms with Gasteiger partial charge >= 0.3 is 6.03 Å². The zero-order valence-electron chi connectivity index (χ0n) is 12.6. The molecule has 2 rings (SSSR count). The molecule has 0 unspecified atom stereocenters. The molecule has 0 aliphatic heterocycles. The van der Waals surface area contributed by atoms with Crippen LogP contribution in [-0.2, 0) is 6.54 Å². The molecule has 0 saturated heterocycles. The van der Waals surface area contributed by atoms with Gasteiger partial charge in [0.1, 0.15) is 0 Å². The van der Waals surface area contributed by atoms with Crippen molar-refractivity contribution in [2.45, 2.75) is 6.54 Å². The Kier molecular flexibility index (Phi) is 5.88. The Labute approximate surface area is 134 Å². The number of benzene rings is 1. The number of urea groups is 1. The van der Waals surface area contributed by atoms with E-state index in [0.717, 1.165) is 5.69 Å². The summed E-state index contributed by atoms with van der Waals surface area (Å²) in [7, 11) is 0. The first kappa shape index (κ1) is 16.2. The number of hydrogen-bond donors (Lipinski definition) is 3. The van der Waals surface area contributed by atoms with Crippen molar-refractivity contribution in [1.29, 1.82) is 0 Å². The summed E-state index contributed by atoms with van der Waals surface area (Å²) < 4.78 is 0. The molecule has 0 radical (unpaired) electrons. The number of carbonyl (C=O) groups is 2. The Morgan fingerprint density at radius 1 is 1.09 bits per heavy atom. The first-order valence-corrected chi connectivity index (χ1v) is 7.13. The highest BCUT2D eigenvalue weighted by molar-refractivity contribution is 5.95. The third-order valence-corrected chi connectivity index (χ3v) is 2.97.